The minimum atomic E-state index is -0.392. The number of carbonyl (C=O) groups is 2. The standard InChI is InChI=1S/C17H25NO3S/c1-5-11-6-7-13-12(8-11)9-14(22-13)16(20)21-10-15(19)18-17(2,3)4/h9,11H,5-8,10H2,1-4H3,(H,18,19)/t11-/m1/s1. The van der Waals surface area contributed by atoms with Crippen molar-refractivity contribution in [3.05, 3.63) is 21.4 Å². The van der Waals surface area contributed by atoms with Gasteiger partial charge in [0.2, 0.25) is 0 Å². The monoisotopic (exact) mass is 323 g/mol. The van der Waals surface area contributed by atoms with E-state index >= 15 is 0 Å². The van der Waals surface area contributed by atoms with E-state index in [0.717, 1.165) is 18.8 Å². The van der Waals surface area contributed by atoms with Crippen LogP contribution in [0.25, 0.3) is 0 Å². The maximum Gasteiger partial charge on any atom is 0.348 e. The molecule has 0 unspecified atom stereocenters. The number of amides is 1. The van der Waals surface area contributed by atoms with Gasteiger partial charge in [-0.3, -0.25) is 4.79 Å². The van der Waals surface area contributed by atoms with Crippen molar-refractivity contribution in [3.63, 3.8) is 0 Å². The summed E-state index contributed by atoms with van der Waals surface area (Å²) in [5.41, 5.74) is 0.968. The van der Waals surface area contributed by atoms with Gasteiger partial charge >= 0.3 is 5.97 Å². The molecule has 1 atom stereocenters. The molecule has 4 nitrogen and oxygen atoms in total. The largest absolute Gasteiger partial charge is 0.451 e. The number of carbonyl (C=O) groups excluding carboxylic acids is 2. The molecule has 0 aromatic carbocycles. The van der Waals surface area contributed by atoms with Gasteiger partial charge in [-0.05, 0) is 57.6 Å². The number of nitrogens with one attached hydrogen (secondary N) is 1. The van der Waals surface area contributed by atoms with Gasteiger partial charge < -0.3 is 10.1 Å². The molecule has 1 aliphatic carbocycles. The summed E-state index contributed by atoms with van der Waals surface area (Å²) in [6.07, 6.45) is 4.49. The molecule has 1 amide bonds. The van der Waals surface area contributed by atoms with E-state index in [0.29, 0.717) is 4.88 Å². The summed E-state index contributed by atoms with van der Waals surface area (Å²) >= 11 is 1.51. The van der Waals surface area contributed by atoms with Crippen LogP contribution in [0.3, 0.4) is 0 Å². The molecule has 0 fully saturated rings. The summed E-state index contributed by atoms with van der Waals surface area (Å²) in [5.74, 6) is 0.0632. The van der Waals surface area contributed by atoms with Crippen LogP contribution in [0.15, 0.2) is 6.07 Å². The Kier molecular flexibility index (Phi) is 5.27. The Morgan fingerprint density at radius 2 is 2.14 bits per heavy atom. The first kappa shape index (κ1) is 17.0. The minimum absolute atomic E-state index is 0.226. The van der Waals surface area contributed by atoms with Crippen LogP contribution >= 0.6 is 11.3 Å². The van der Waals surface area contributed by atoms with Crippen LogP contribution < -0.4 is 5.32 Å². The molecule has 0 bridgehead atoms. The van der Waals surface area contributed by atoms with Crippen LogP contribution in [0, 0.1) is 5.92 Å². The first-order valence-corrected chi connectivity index (χ1v) is 8.70. The molecule has 122 valence electrons. The van der Waals surface area contributed by atoms with Gasteiger partial charge in [0.15, 0.2) is 6.61 Å². The average molecular weight is 323 g/mol. The van der Waals surface area contributed by atoms with E-state index in [1.807, 2.05) is 26.8 Å². The van der Waals surface area contributed by atoms with Crippen molar-refractivity contribution in [2.24, 2.45) is 5.92 Å². The summed E-state index contributed by atoms with van der Waals surface area (Å²) in [5, 5.41) is 2.78. The van der Waals surface area contributed by atoms with Crippen LogP contribution in [0.1, 0.15) is 60.6 Å². The van der Waals surface area contributed by atoms with Crippen molar-refractivity contribution < 1.29 is 14.3 Å². The van der Waals surface area contributed by atoms with Crippen molar-refractivity contribution in [2.75, 3.05) is 6.61 Å². The van der Waals surface area contributed by atoms with Crippen molar-refractivity contribution in [1.82, 2.24) is 5.32 Å². The molecule has 0 saturated carbocycles. The predicted octanol–water partition coefficient (Wildman–Crippen LogP) is 3.33. The number of aryl methyl sites for hydroxylation is 1. The molecule has 1 N–H and O–H groups in total. The van der Waals surface area contributed by atoms with Gasteiger partial charge in [-0.15, -0.1) is 11.3 Å². The van der Waals surface area contributed by atoms with Gasteiger partial charge in [0.1, 0.15) is 4.88 Å². The number of rotatable bonds is 4. The lowest BCUT2D eigenvalue weighted by molar-refractivity contribution is -0.125. The fourth-order valence-corrected chi connectivity index (χ4v) is 3.81. The Balaban J connectivity index is 1.91. The SMILES string of the molecule is CC[C@@H]1CCc2sc(C(=O)OCC(=O)NC(C)(C)C)cc2C1. The van der Waals surface area contributed by atoms with Gasteiger partial charge in [-0.2, -0.15) is 0 Å². The Bertz CT molecular complexity index is 557. The second kappa shape index (κ2) is 6.82. The highest BCUT2D eigenvalue weighted by Crippen LogP contribution is 2.33. The molecule has 0 radical (unpaired) electrons. The molecule has 1 aliphatic rings. The van der Waals surface area contributed by atoms with E-state index in [2.05, 4.69) is 12.2 Å². The number of fused-ring (bicyclic) bond motifs is 1. The molecule has 1 heterocycles. The number of hydrogen-bond donors (Lipinski definition) is 1. The molecule has 1 aromatic heterocycles. The number of ether oxygens (including phenoxy) is 1. The second-order valence-corrected chi connectivity index (χ2v) is 8.09. The molecular weight excluding hydrogens is 298 g/mol. The molecule has 0 spiro atoms. The lowest BCUT2D eigenvalue weighted by Gasteiger charge is -2.20. The lowest BCUT2D eigenvalue weighted by Crippen LogP contribution is -2.42. The highest BCUT2D eigenvalue weighted by molar-refractivity contribution is 7.14. The zero-order valence-corrected chi connectivity index (χ0v) is 14.6. The highest BCUT2D eigenvalue weighted by atomic mass is 32.1. The summed E-state index contributed by atoms with van der Waals surface area (Å²) in [7, 11) is 0. The fraction of sp³-hybridized carbons (Fsp3) is 0.647. The lowest BCUT2D eigenvalue weighted by atomic mass is 9.87. The fourth-order valence-electron chi connectivity index (χ4n) is 2.70. The molecule has 2 rings (SSSR count). The maximum atomic E-state index is 12.1. The van der Waals surface area contributed by atoms with Crippen molar-refractivity contribution >= 4 is 23.2 Å². The molecular formula is C17H25NO3S. The van der Waals surface area contributed by atoms with Crippen LogP contribution in [0.4, 0.5) is 0 Å². The third kappa shape index (κ3) is 4.57. The van der Waals surface area contributed by atoms with Crippen LogP contribution in [0.5, 0.6) is 0 Å². The summed E-state index contributed by atoms with van der Waals surface area (Å²) in [6.45, 7) is 7.67. The van der Waals surface area contributed by atoms with Gasteiger partial charge in [-0.1, -0.05) is 13.3 Å². The van der Waals surface area contributed by atoms with Crippen LogP contribution in [-0.4, -0.2) is 24.0 Å². The third-order valence-corrected chi connectivity index (χ3v) is 5.03. The van der Waals surface area contributed by atoms with Gasteiger partial charge in [-0.25, -0.2) is 4.79 Å². The van der Waals surface area contributed by atoms with Gasteiger partial charge in [0, 0.05) is 10.4 Å². The number of esters is 1. The smallest absolute Gasteiger partial charge is 0.348 e. The van der Waals surface area contributed by atoms with Gasteiger partial charge in [0.05, 0.1) is 0 Å². The second-order valence-electron chi connectivity index (χ2n) is 6.95. The van der Waals surface area contributed by atoms with E-state index in [9.17, 15) is 9.59 Å². The van der Waals surface area contributed by atoms with Crippen molar-refractivity contribution in [1.29, 1.82) is 0 Å². The Labute approximate surface area is 136 Å². The van der Waals surface area contributed by atoms with Crippen LogP contribution in [0.2, 0.25) is 0 Å². The first-order valence-electron chi connectivity index (χ1n) is 7.88. The number of thiophene rings is 1. The molecule has 22 heavy (non-hydrogen) atoms. The highest BCUT2D eigenvalue weighted by Gasteiger charge is 2.23. The van der Waals surface area contributed by atoms with E-state index in [4.69, 9.17) is 4.74 Å². The summed E-state index contributed by atoms with van der Waals surface area (Å²) in [6, 6.07) is 1.95. The molecule has 1 aromatic rings. The average Bonchev–Trinajstić information content (AvgIpc) is 2.85. The van der Waals surface area contributed by atoms with E-state index in [-0.39, 0.29) is 18.1 Å². The van der Waals surface area contributed by atoms with Gasteiger partial charge in [0.25, 0.3) is 5.91 Å². The maximum absolute atomic E-state index is 12.1. The third-order valence-electron chi connectivity index (χ3n) is 3.81. The predicted molar refractivity (Wildman–Crippen MR) is 88.3 cm³/mol. The molecule has 0 saturated heterocycles. The normalized spacial score (nSPS) is 17.7. The van der Waals surface area contributed by atoms with Crippen LogP contribution in [-0.2, 0) is 22.4 Å². The molecule has 5 heteroatoms. The topological polar surface area (TPSA) is 55.4 Å². The summed E-state index contributed by atoms with van der Waals surface area (Å²) < 4.78 is 5.13. The zero-order chi connectivity index (χ0) is 16.3. The zero-order valence-electron chi connectivity index (χ0n) is 13.8. The first-order chi connectivity index (χ1) is 10.3. The van der Waals surface area contributed by atoms with E-state index in [1.165, 1.54) is 34.6 Å². The minimum Gasteiger partial charge on any atom is -0.451 e. The number of hydrogen-bond acceptors (Lipinski definition) is 4. The van der Waals surface area contributed by atoms with E-state index in [1.54, 1.807) is 0 Å². The molecule has 0 aliphatic heterocycles. The quantitative estimate of drug-likeness (QED) is 0.865. The Morgan fingerprint density at radius 1 is 1.41 bits per heavy atom. The van der Waals surface area contributed by atoms with Crippen molar-refractivity contribution in [2.45, 2.75) is 58.9 Å². The van der Waals surface area contributed by atoms with Crippen molar-refractivity contribution in [3.8, 4) is 0 Å². The summed E-state index contributed by atoms with van der Waals surface area (Å²) in [4.78, 5) is 25.7. The van der Waals surface area contributed by atoms with E-state index < -0.39 is 5.97 Å². The Hall–Kier alpha value is -1.36. The Morgan fingerprint density at radius 3 is 2.77 bits per heavy atom.